The average Bonchev–Trinajstić information content (AvgIpc) is 2.28. The molecule has 13 heavy (non-hydrogen) atoms. The molecule has 0 saturated heterocycles. The van der Waals surface area contributed by atoms with Crippen LogP contribution in [-0.2, 0) is 0 Å². The van der Waals surface area contributed by atoms with Gasteiger partial charge in [-0.3, -0.25) is 0 Å². The summed E-state index contributed by atoms with van der Waals surface area (Å²) < 4.78 is 0. The van der Waals surface area contributed by atoms with Crippen molar-refractivity contribution in [3.8, 4) is 6.07 Å². The summed E-state index contributed by atoms with van der Waals surface area (Å²) in [6, 6.07) is 2.23. The van der Waals surface area contributed by atoms with Crippen LogP contribution in [0.3, 0.4) is 0 Å². The molecule has 1 atom stereocenters. The maximum absolute atomic E-state index is 10.5. The van der Waals surface area contributed by atoms with Crippen LogP contribution in [0.2, 0.25) is 0 Å². The minimum atomic E-state index is -0.825. The Morgan fingerprint density at radius 3 is 2.15 bits per heavy atom. The van der Waals surface area contributed by atoms with Crippen molar-refractivity contribution in [2.24, 2.45) is 10.8 Å². The van der Waals surface area contributed by atoms with Crippen molar-refractivity contribution in [1.82, 2.24) is 0 Å². The number of rotatable bonds is 1. The Balaban J connectivity index is 3.08. The lowest BCUT2D eigenvalue weighted by molar-refractivity contribution is -0.108. The van der Waals surface area contributed by atoms with Gasteiger partial charge in [-0.05, 0) is 38.5 Å². The molecule has 0 heterocycles. The second-order valence-electron chi connectivity index (χ2n) is 5.33. The molecule has 1 fully saturated rings. The first-order chi connectivity index (χ1) is 5.77. The quantitative estimate of drug-likeness (QED) is 0.675. The molecule has 1 saturated carbocycles. The van der Waals surface area contributed by atoms with E-state index in [2.05, 4.69) is 19.9 Å². The third-order valence-electron chi connectivity index (χ3n) is 3.77. The normalized spacial score (nSPS) is 32.9. The summed E-state index contributed by atoms with van der Waals surface area (Å²) in [6.45, 7) is 7.78. The van der Waals surface area contributed by atoms with E-state index in [1.807, 2.05) is 13.8 Å². The molecule has 1 aliphatic carbocycles. The molecule has 2 heteroatoms. The van der Waals surface area contributed by atoms with Crippen LogP contribution < -0.4 is 0 Å². The summed E-state index contributed by atoms with van der Waals surface area (Å²) in [5, 5.41) is 19.6. The molecular weight excluding hydrogens is 162 g/mol. The van der Waals surface area contributed by atoms with E-state index in [9.17, 15) is 5.11 Å². The minimum absolute atomic E-state index is 0.133. The molecule has 0 amide bonds. The Hall–Kier alpha value is -0.550. The van der Waals surface area contributed by atoms with Crippen molar-refractivity contribution in [3.63, 3.8) is 0 Å². The molecular formula is C11H19NO. The highest BCUT2D eigenvalue weighted by atomic mass is 16.3. The predicted octanol–water partition coefficient (Wildman–Crippen LogP) is 2.48. The second-order valence-corrected chi connectivity index (χ2v) is 5.33. The number of hydrogen-bond donors (Lipinski definition) is 1. The monoisotopic (exact) mass is 181 g/mol. The smallest absolute Gasteiger partial charge is 0.0878 e. The largest absolute Gasteiger partial charge is 0.388 e. The Kier molecular flexibility index (Phi) is 2.20. The topological polar surface area (TPSA) is 44.0 Å². The van der Waals surface area contributed by atoms with Crippen LogP contribution >= 0.6 is 0 Å². The van der Waals surface area contributed by atoms with E-state index < -0.39 is 11.0 Å². The van der Waals surface area contributed by atoms with Gasteiger partial charge in [0.15, 0.2) is 0 Å². The summed E-state index contributed by atoms with van der Waals surface area (Å²) in [7, 11) is 0. The SMILES string of the molecule is CC(C)(C#N)C1(O)CCCC1(C)C. The highest BCUT2D eigenvalue weighted by Gasteiger charge is 2.56. The highest BCUT2D eigenvalue weighted by molar-refractivity contribution is 5.14. The average molecular weight is 181 g/mol. The van der Waals surface area contributed by atoms with E-state index in [4.69, 9.17) is 5.26 Å². The summed E-state index contributed by atoms with van der Waals surface area (Å²) in [4.78, 5) is 0. The van der Waals surface area contributed by atoms with Crippen LogP contribution in [0.15, 0.2) is 0 Å². The highest BCUT2D eigenvalue weighted by Crippen LogP contribution is 2.54. The van der Waals surface area contributed by atoms with Gasteiger partial charge in [0, 0.05) is 0 Å². The fourth-order valence-electron chi connectivity index (χ4n) is 2.58. The van der Waals surface area contributed by atoms with Crippen molar-refractivity contribution < 1.29 is 5.11 Å². The predicted molar refractivity (Wildman–Crippen MR) is 52.0 cm³/mol. The zero-order chi connectivity index (χ0) is 10.3. The van der Waals surface area contributed by atoms with E-state index in [1.54, 1.807) is 0 Å². The molecule has 1 unspecified atom stereocenters. The minimum Gasteiger partial charge on any atom is -0.388 e. The lowest BCUT2D eigenvalue weighted by atomic mass is 9.63. The molecule has 0 aromatic rings. The van der Waals surface area contributed by atoms with Crippen molar-refractivity contribution in [3.05, 3.63) is 0 Å². The first-order valence-corrected chi connectivity index (χ1v) is 4.90. The Bertz CT molecular complexity index is 249. The van der Waals surface area contributed by atoms with E-state index in [0.717, 1.165) is 19.3 Å². The van der Waals surface area contributed by atoms with Gasteiger partial charge in [0.25, 0.3) is 0 Å². The van der Waals surface area contributed by atoms with Gasteiger partial charge in [-0.1, -0.05) is 13.8 Å². The van der Waals surface area contributed by atoms with Crippen LogP contribution in [0.1, 0.15) is 47.0 Å². The van der Waals surface area contributed by atoms with Crippen LogP contribution in [0.5, 0.6) is 0 Å². The van der Waals surface area contributed by atoms with Gasteiger partial charge in [-0.25, -0.2) is 0 Å². The molecule has 0 spiro atoms. The number of nitrogens with zero attached hydrogens (tertiary/aromatic N) is 1. The lowest BCUT2D eigenvalue weighted by Gasteiger charge is -2.44. The first-order valence-electron chi connectivity index (χ1n) is 4.90. The molecule has 0 bridgehead atoms. The number of aliphatic hydroxyl groups is 1. The summed E-state index contributed by atoms with van der Waals surface area (Å²) in [6.07, 6.45) is 2.78. The van der Waals surface area contributed by atoms with Gasteiger partial charge in [0.05, 0.1) is 17.1 Å². The van der Waals surface area contributed by atoms with Crippen LogP contribution in [0.25, 0.3) is 0 Å². The van der Waals surface area contributed by atoms with E-state index in [1.165, 1.54) is 0 Å². The van der Waals surface area contributed by atoms with Crippen molar-refractivity contribution in [1.29, 1.82) is 5.26 Å². The van der Waals surface area contributed by atoms with Gasteiger partial charge in [-0.15, -0.1) is 0 Å². The maximum atomic E-state index is 10.5. The lowest BCUT2D eigenvalue weighted by Crippen LogP contribution is -2.51. The first kappa shape index (κ1) is 10.5. The molecule has 1 aliphatic rings. The molecule has 0 radical (unpaired) electrons. The third-order valence-corrected chi connectivity index (χ3v) is 3.77. The molecule has 0 aliphatic heterocycles. The standard InChI is InChI=1S/C11H19NO/c1-9(2)6-5-7-11(9,13)10(3,4)8-12/h13H,5-7H2,1-4H3. The third kappa shape index (κ3) is 1.26. The van der Waals surface area contributed by atoms with Crippen molar-refractivity contribution >= 4 is 0 Å². The fourth-order valence-corrected chi connectivity index (χ4v) is 2.58. The Morgan fingerprint density at radius 2 is 1.85 bits per heavy atom. The summed E-state index contributed by atoms with van der Waals surface area (Å²) in [5.41, 5.74) is -1.60. The van der Waals surface area contributed by atoms with Gasteiger partial charge < -0.3 is 5.11 Å². The summed E-state index contributed by atoms with van der Waals surface area (Å²) >= 11 is 0. The van der Waals surface area contributed by atoms with Gasteiger partial charge in [0.2, 0.25) is 0 Å². The van der Waals surface area contributed by atoms with Crippen LogP contribution in [-0.4, -0.2) is 10.7 Å². The molecule has 2 nitrogen and oxygen atoms in total. The number of nitriles is 1. The van der Waals surface area contributed by atoms with Gasteiger partial charge in [0.1, 0.15) is 0 Å². The summed E-state index contributed by atoms with van der Waals surface area (Å²) in [5.74, 6) is 0. The fraction of sp³-hybridized carbons (Fsp3) is 0.909. The molecule has 74 valence electrons. The zero-order valence-electron chi connectivity index (χ0n) is 9.02. The zero-order valence-corrected chi connectivity index (χ0v) is 9.02. The van der Waals surface area contributed by atoms with Gasteiger partial charge in [-0.2, -0.15) is 5.26 Å². The second kappa shape index (κ2) is 2.72. The molecule has 1 N–H and O–H groups in total. The van der Waals surface area contributed by atoms with Gasteiger partial charge >= 0.3 is 0 Å². The number of hydrogen-bond acceptors (Lipinski definition) is 2. The molecule has 0 aromatic heterocycles. The maximum Gasteiger partial charge on any atom is 0.0878 e. The Labute approximate surface area is 80.6 Å². The van der Waals surface area contributed by atoms with Crippen molar-refractivity contribution in [2.45, 2.75) is 52.6 Å². The van der Waals surface area contributed by atoms with E-state index >= 15 is 0 Å². The van der Waals surface area contributed by atoms with E-state index in [0.29, 0.717) is 0 Å². The van der Waals surface area contributed by atoms with Crippen LogP contribution in [0.4, 0.5) is 0 Å². The molecule has 0 aromatic carbocycles. The van der Waals surface area contributed by atoms with Crippen molar-refractivity contribution in [2.75, 3.05) is 0 Å². The van der Waals surface area contributed by atoms with E-state index in [-0.39, 0.29) is 5.41 Å². The Morgan fingerprint density at radius 1 is 1.31 bits per heavy atom. The van der Waals surface area contributed by atoms with Crippen LogP contribution in [0, 0.1) is 22.2 Å². The molecule has 1 rings (SSSR count).